The number of ether oxygens (including phenoxy) is 2. The Labute approximate surface area is 120 Å². The standard InChI is InChI=1S/C14H25NO5/c1-9(12(16)19-5)20-10-6-7-15(13(17)18)11(8-10)14(2,3)4/h9-11H,6-8H2,1-5H3,(H,17,18)/t9-,10-,11-/m1/s1. The largest absolute Gasteiger partial charge is 0.467 e. The van der Waals surface area contributed by atoms with Crippen molar-refractivity contribution in [2.45, 2.75) is 58.8 Å². The number of rotatable bonds is 3. The smallest absolute Gasteiger partial charge is 0.407 e. The van der Waals surface area contributed by atoms with Gasteiger partial charge in [-0.1, -0.05) is 20.8 Å². The van der Waals surface area contributed by atoms with E-state index in [2.05, 4.69) is 4.74 Å². The number of carboxylic acid groups (broad SMARTS) is 1. The molecular weight excluding hydrogens is 262 g/mol. The number of carbonyl (C=O) groups excluding carboxylic acids is 1. The number of piperidine rings is 1. The highest BCUT2D eigenvalue weighted by Crippen LogP contribution is 2.33. The predicted molar refractivity (Wildman–Crippen MR) is 73.6 cm³/mol. The monoisotopic (exact) mass is 287 g/mol. The van der Waals surface area contributed by atoms with Gasteiger partial charge >= 0.3 is 12.1 Å². The Morgan fingerprint density at radius 1 is 1.35 bits per heavy atom. The molecule has 0 aromatic rings. The quantitative estimate of drug-likeness (QED) is 0.805. The fourth-order valence-corrected chi connectivity index (χ4v) is 2.62. The summed E-state index contributed by atoms with van der Waals surface area (Å²) in [4.78, 5) is 24.2. The number of amides is 1. The normalized spacial score (nSPS) is 25.1. The first-order valence-electron chi connectivity index (χ1n) is 6.89. The van der Waals surface area contributed by atoms with Crippen LogP contribution in [0.4, 0.5) is 4.79 Å². The molecule has 0 unspecified atom stereocenters. The Morgan fingerprint density at radius 2 is 1.95 bits per heavy atom. The fraction of sp³-hybridized carbons (Fsp3) is 0.857. The van der Waals surface area contributed by atoms with Crippen molar-refractivity contribution in [1.82, 2.24) is 4.90 Å². The highest BCUT2D eigenvalue weighted by Gasteiger charge is 2.39. The van der Waals surface area contributed by atoms with E-state index in [1.165, 1.54) is 12.0 Å². The number of likely N-dealkylation sites (tertiary alicyclic amines) is 1. The highest BCUT2D eigenvalue weighted by atomic mass is 16.6. The summed E-state index contributed by atoms with van der Waals surface area (Å²) in [5.41, 5.74) is -0.172. The van der Waals surface area contributed by atoms with Gasteiger partial charge in [-0.05, 0) is 25.2 Å². The third-order valence-electron chi connectivity index (χ3n) is 3.73. The van der Waals surface area contributed by atoms with E-state index in [1.54, 1.807) is 6.92 Å². The van der Waals surface area contributed by atoms with Crippen LogP contribution in [0.1, 0.15) is 40.5 Å². The molecule has 0 aromatic heterocycles. The lowest BCUT2D eigenvalue weighted by atomic mass is 9.80. The van der Waals surface area contributed by atoms with Crippen molar-refractivity contribution in [2.75, 3.05) is 13.7 Å². The Balaban J connectivity index is 2.72. The molecule has 1 fully saturated rings. The molecule has 1 aliphatic rings. The summed E-state index contributed by atoms with van der Waals surface area (Å²) in [5, 5.41) is 9.28. The summed E-state index contributed by atoms with van der Waals surface area (Å²) in [5.74, 6) is -0.405. The zero-order chi connectivity index (χ0) is 15.5. The maximum absolute atomic E-state index is 11.4. The molecule has 20 heavy (non-hydrogen) atoms. The maximum atomic E-state index is 11.4. The lowest BCUT2D eigenvalue weighted by molar-refractivity contribution is -0.159. The summed E-state index contributed by atoms with van der Waals surface area (Å²) in [6.07, 6.45) is -0.451. The highest BCUT2D eigenvalue weighted by molar-refractivity contribution is 5.74. The van der Waals surface area contributed by atoms with Gasteiger partial charge in [0.1, 0.15) is 0 Å². The lowest BCUT2D eigenvalue weighted by Crippen LogP contribution is -2.53. The fourth-order valence-electron chi connectivity index (χ4n) is 2.62. The summed E-state index contributed by atoms with van der Waals surface area (Å²) < 4.78 is 10.3. The molecule has 0 aliphatic carbocycles. The molecule has 3 atom stereocenters. The van der Waals surface area contributed by atoms with E-state index in [4.69, 9.17) is 4.74 Å². The molecule has 1 amide bonds. The van der Waals surface area contributed by atoms with Crippen LogP contribution in [-0.4, -0.2) is 54.0 Å². The van der Waals surface area contributed by atoms with Gasteiger partial charge in [0.15, 0.2) is 6.10 Å². The second-order valence-corrected chi connectivity index (χ2v) is 6.31. The van der Waals surface area contributed by atoms with Crippen LogP contribution in [0.15, 0.2) is 0 Å². The second-order valence-electron chi connectivity index (χ2n) is 6.31. The van der Waals surface area contributed by atoms with Gasteiger partial charge in [0, 0.05) is 12.6 Å². The Morgan fingerprint density at radius 3 is 2.40 bits per heavy atom. The van der Waals surface area contributed by atoms with E-state index in [1.807, 2.05) is 20.8 Å². The van der Waals surface area contributed by atoms with Crippen LogP contribution in [0.25, 0.3) is 0 Å². The summed E-state index contributed by atoms with van der Waals surface area (Å²) in [6.45, 7) is 8.12. The van der Waals surface area contributed by atoms with Crippen molar-refractivity contribution in [3.05, 3.63) is 0 Å². The second kappa shape index (κ2) is 6.43. The van der Waals surface area contributed by atoms with E-state index >= 15 is 0 Å². The van der Waals surface area contributed by atoms with E-state index < -0.39 is 18.2 Å². The molecule has 1 N–H and O–H groups in total. The minimum atomic E-state index is -0.899. The molecular formula is C14H25NO5. The maximum Gasteiger partial charge on any atom is 0.407 e. The van der Waals surface area contributed by atoms with Crippen LogP contribution >= 0.6 is 0 Å². The van der Waals surface area contributed by atoms with E-state index in [9.17, 15) is 14.7 Å². The van der Waals surface area contributed by atoms with Gasteiger partial charge in [0.25, 0.3) is 0 Å². The zero-order valence-corrected chi connectivity index (χ0v) is 12.9. The molecule has 6 heteroatoms. The molecule has 1 aliphatic heterocycles. The van der Waals surface area contributed by atoms with Crippen molar-refractivity contribution in [2.24, 2.45) is 5.41 Å². The molecule has 0 saturated carbocycles. The number of methoxy groups -OCH3 is 1. The van der Waals surface area contributed by atoms with Gasteiger partial charge in [-0.2, -0.15) is 0 Å². The number of hydrogen-bond donors (Lipinski definition) is 1. The number of hydrogen-bond acceptors (Lipinski definition) is 4. The van der Waals surface area contributed by atoms with Gasteiger partial charge in [-0.25, -0.2) is 9.59 Å². The molecule has 0 bridgehead atoms. The number of esters is 1. The first-order valence-corrected chi connectivity index (χ1v) is 6.89. The SMILES string of the molecule is COC(=O)[C@@H](C)O[C@@H]1CCN(C(=O)O)[C@@H](C(C)(C)C)C1. The van der Waals surface area contributed by atoms with Gasteiger partial charge in [0.2, 0.25) is 0 Å². The van der Waals surface area contributed by atoms with E-state index in [0.717, 1.165) is 0 Å². The van der Waals surface area contributed by atoms with Crippen LogP contribution in [0.5, 0.6) is 0 Å². The number of nitrogens with zero attached hydrogens (tertiary/aromatic N) is 1. The minimum Gasteiger partial charge on any atom is -0.467 e. The van der Waals surface area contributed by atoms with E-state index in [-0.39, 0.29) is 17.6 Å². The average Bonchev–Trinajstić information content (AvgIpc) is 2.36. The predicted octanol–water partition coefficient (Wildman–Crippen LogP) is 2.12. The Hall–Kier alpha value is -1.30. The first-order chi connectivity index (χ1) is 9.16. The van der Waals surface area contributed by atoms with Gasteiger partial charge in [-0.3, -0.25) is 0 Å². The van der Waals surface area contributed by atoms with Crippen molar-refractivity contribution >= 4 is 12.1 Å². The molecule has 116 valence electrons. The Bertz CT molecular complexity index is 363. The Kier molecular flexibility index (Phi) is 5.39. The summed E-state index contributed by atoms with van der Waals surface area (Å²) in [7, 11) is 1.33. The third kappa shape index (κ3) is 4.10. The van der Waals surface area contributed by atoms with Crippen molar-refractivity contribution in [3.8, 4) is 0 Å². The molecule has 6 nitrogen and oxygen atoms in total. The lowest BCUT2D eigenvalue weighted by Gasteiger charge is -2.44. The van der Waals surface area contributed by atoms with Gasteiger partial charge in [0.05, 0.1) is 13.2 Å². The molecule has 0 spiro atoms. The van der Waals surface area contributed by atoms with Crippen molar-refractivity contribution < 1.29 is 24.2 Å². The molecule has 1 heterocycles. The molecule has 1 rings (SSSR count). The zero-order valence-electron chi connectivity index (χ0n) is 12.9. The third-order valence-corrected chi connectivity index (χ3v) is 3.73. The van der Waals surface area contributed by atoms with Crippen LogP contribution in [-0.2, 0) is 14.3 Å². The summed E-state index contributed by atoms with van der Waals surface area (Å²) >= 11 is 0. The summed E-state index contributed by atoms with van der Waals surface area (Å²) in [6, 6.07) is -0.122. The van der Waals surface area contributed by atoms with Crippen LogP contribution < -0.4 is 0 Å². The van der Waals surface area contributed by atoms with Gasteiger partial charge in [-0.15, -0.1) is 0 Å². The van der Waals surface area contributed by atoms with Gasteiger partial charge < -0.3 is 19.5 Å². The topological polar surface area (TPSA) is 76.1 Å². The van der Waals surface area contributed by atoms with Crippen LogP contribution in [0.2, 0.25) is 0 Å². The van der Waals surface area contributed by atoms with Crippen LogP contribution in [0.3, 0.4) is 0 Å². The molecule has 1 saturated heterocycles. The van der Waals surface area contributed by atoms with Crippen molar-refractivity contribution in [1.29, 1.82) is 0 Å². The molecule has 0 aromatic carbocycles. The van der Waals surface area contributed by atoms with Crippen molar-refractivity contribution in [3.63, 3.8) is 0 Å². The van der Waals surface area contributed by atoms with E-state index in [0.29, 0.717) is 19.4 Å². The first kappa shape index (κ1) is 16.8. The van der Waals surface area contributed by atoms with Crippen LogP contribution in [0, 0.1) is 5.41 Å². The number of carbonyl (C=O) groups is 2. The average molecular weight is 287 g/mol. The molecule has 0 radical (unpaired) electrons. The minimum absolute atomic E-state index is 0.121.